The number of aromatic nitrogens is 3. The van der Waals surface area contributed by atoms with E-state index in [9.17, 15) is 24.4 Å². The van der Waals surface area contributed by atoms with Crippen LogP contribution in [0.2, 0.25) is 0 Å². The van der Waals surface area contributed by atoms with Gasteiger partial charge in [0.05, 0.1) is 30.2 Å². The maximum absolute atomic E-state index is 13.9. The van der Waals surface area contributed by atoms with E-state index in [0.29, 0.717) is 0 Å². The Morgan fingerprint density at radius 3 is 2.66 bits per heavy atom. The number of carbonyl (C=O) groups is 1. The Morgan fingerprint density at radius 1 is 1.29 bits per heavy atom. The molecule has 14 heteroatoms. The number of nitrogens with two attached hydrogens (primary N) is 1. The molecule has 1 aliphatic rings. The van der Waals surface area contributed by atoms with E-state index < -0.39 is 55.7 Å². The number of aliphatic hydroxyl groups is 2. The number of nitrogens with zero attached hydrogens (tertiary/aromatic N) is 2. The Balaban J connectivity index is 1.62. The Labute approximate surface area is 236 Å². The van der Waals surface area contributed by atoms with Gasteiger partial charge in [-0.2, -0.15) is 4.98 Å². The summed E-state index contributed by atoms with van der Waals surface area (Å²) >= 11 is 0. The summed E-state index contributed by atoms with van der Waals surface area (Å²) in [5, 5.41) is 22.8. The lowest BCUT2D eigenvalue weighted by molar-refractivity contribution is -0.151. The number of rotatable bonds is 10. The predicted molar refractivity (Wildman–Crippen MR) is 149 cm³/mol. The maximum atomic E-state index is 13.9. The Bertz CT molecular complexity index is 1560. The number of hydrogen-bond donors (Lipinski definition) is 4. The summed E-state index contributed by atoms with van der Waals surface area (Å²) in [6.45, 7) is 5.91. The summed E-state index contributed by atoms with van der Waals surface area (Å²) in [5.74, 6) is 3.83. The molecule has 1 fully saturated rings. The van der Waals surface area contributed by atoms with E-state index in [1.165, 1.54) is 23.8 Å². The monoisotopic (exact) mass is 588 g/mol. The molecule has 6 atom stereocenters. The van der Waals surface area contributed by atoms with Crippen molar-refractivity contribution in [2.75, 3.05) is 18.5 Å². The van der Waals surface area contributed by atoms with Crippen molar-refractivity contribution in [1.29, 1.82) is 0 Å². The van der Waals surface area contributed by atoms with Gasteiger partial charge in [-0.05, 0) is 39.0 Å². The van der Waals surface area contributed by atoms with Crippen LogP contribution < -0.4 is 15.8 Å². The predicted octanol–water partition coefficient (Wildman–Crippen LogP) is 2.20. The van der Waals surface area contributed by atoms with Crippen molar-refractivity contribution in [3.05, 3.63) is 52.9 Å². The van der Waals surface area contributed by atoms with E-state index in [0.717, 1.165) is 0 Å². The summed E-state index contributed by atoms with van der Waals surface area (Å²) in [5.41, 5.74) is 3.14. The molecule has 5 N–H and O–H groups in total. The zero-order valence-electron chi connectivity index (χ0n) is 23.0. The molecule has 1 aliphatic heterocycles. The number of anilines is 1. The van der Waals surface area contributed by atoms with Crippen LogP contribution in [0.3, 0.4) is 0 Å². The van der Waals surface area contributed by atoms with Crippen molar-refractivity contribution in [1.82, 2.24) is 14.5 Å². The number of ether oxygens (including phenoxy) is 2. The van der Waals surface area contributed by atoms with E-state index >= 15 is 0 Å². The summed E-state index contributed by atoms with van der Waals surface area (Å²) < 4.78 is 38.0. The third kappa shape index (κ3) is 6.48. The van der Waals surface area contributed by atoms with Crippen molar-refractivity contribution >= 4 is 30.5 Å². The van der Waals surface area contributed by atoms with E-state index in [-0.39, 0.29) is 35.0 Å². The molecule has 0 aliphatic carbocycles. The second-order valence-electron chi connectivity index (χ2n) is 9.96. The van der Waals surface area contributed by atoms with Gasteiger partial charge >= 0.3 is 13.6 Å². The minimum absolute atomic E-state index is 0.0944. The van der Waals surface area contributed by atoms with E-state index in [1.807, 2.05) is 0 Å². The van der Waals surface area contributed by atoms with Crippen molar-refractivity contribution in [3.63, 3.8) is 0 Å². The van der Waals surface area contributed by atoms with Gasteiger partial charge < -0.3 is 34.5 Å². The fourth-order valence-corrected chi connectivity index (χ4v) is 6.34. The molecule has 0 spiro atoms. The number of aliphatic hydroxyl groups excluding tert-OH is 1. The first kappa shape index (κ1) is 30.3. The molecule has 0 radical (unpaired) electrons. The van der Waals surface area contributed by atoms with E-state index in [1.54, 1.807) is 51.1 Å². The summed E-state index contributed by atoms with van der Waals surface area (Å²) in [4.78, 5) is 31.3. The zero-order chi connectivity index (χ0) is 29.9. The summed E-state index contributed by atoms with van der Waals surface area (Å²) in [6.07, 6.45) is -3.51. The fraction of sp³-hybridized carbons (Fsp3) is 0.444. The normalized spacial score (nSPS) is 24.4. The number of nitrogen functional groups attached to an aromatic ring is 1. The number of nitrogens with one attached hydrogen (secondary N) is 1. The molecule has 2 aromatic heterocycles. The van der Waals surface area contributed by atoms with Crippen LogP contribution in [0.4, 0.5) is 5.95 Å². The lowest BCUT2D eigenvalue weighted by atomic mass is 9.94. The summed E-state index contributed by atoms with van der Waals surface area (Å²) in [7, 11) is -4.05. The van der Waals surface area contributed by atoms with E-state index in [4.69, 9.17) is 24.3 Å². The van der Waals surface area contributed by atoms with Gasteiger partial charge in [0.1, 0.15) is 18.0 Å². The smallest absolute Gasteiger partial charge is 0.380 e. The molecule has 0 saturated carbocycles. The molecule has 1 saturated heterocycles. The number of benzene rings is 1. The van der Waals surface area contributed by atoms with Crippen molar-refractivity contribution in [2.24, 2.45) is 5.92 Å². The van der Waals surface area contributed by atoms with Gasteiger partial charge in [0.2, 0.25) is 5.95 Å². The second kappa shape index (κ2) is 12.1. The van der Waals surface area contributed by atoms with Gasteiger partial charge in [-0.1, -0.05) is 31.0 Å². The Hall–Kier alpha value is -3.66. The number of esters is 1. The molecule has 4 rings (SSSR count). The van der Waals surface area contributed by atoms with Gasteiger partial charge in [-0.3, -0.25) is 19.1 Å². The number of para-hydroxylation sites is 1. The molecule has 220 valence electrons. The number of aromatic amines is 1. The number of carbonyl (C=O) groups excluding carboxylic acids is 1. The SMILES string of the molecule is CC#CC1(O)[C@@H](O)[C@@H](CO[P@@](=O)(C[C@@H](C)C(=O)OC(C)C)Oc2ccccc2)O[C@H]1n1ccc2c(=O)[nH]c(N)nc21. The third-order valence-electron chi connectivity index (χ3n) is 6.34. The third-order valence-corrected chi connectivity index (χ3v) is 8.36. The highest BCUT2D eigenvalue weighted by molar-refractivity contribution is 7.54. The molecule has 13 nitrogen and oxygen atoms in total. The highest BCUT2D eigenvalue weighted by atomic mass is 31.2. The van der Waals surface area contributed by atoms with Crippen molar-refractivity contribution in [3.8, 4) is 17.6 Å². The number of fused-ring (bicyclic) bond motifs is 1. The summed E-state index contributed by atoms with van der Waals surface area (Å²) in [6, 6.07) is 9.73. The van der Waals surface area contributed by atoms with Crippen LogP contribution >= 0.6 is 7.60 Å². The highest BCUT2D eigenvalue weighted by Crippen LogP contribution is 2.51. The van der Waals surface area contributed by atoms with Crippen LogP contribution in [0.1, 0.15) is 33.9 Å². The van der Waals surface area contributed by atoms with Crippen LogP contribution in [-0.4, -0.2) is 67.4 Å². The first-order valence-electron chi connectivity index (χ1n) is 12.9. The lowest BCUT2D eigenvalue weighted by Gasteiger charge is -2.27. The van der Waals surface area contributed by atoms with Gasteiger partial charge in [-0.15, -0.1) is 5.92 Å². The van der Waals surface area contributed by atoms with Crippen molar-refractivity contribution in [2.45, 2.75) is 57.8 Å². The Kier molecular flexibility index (Phi) is 8.91. The van der Waals surface area contributed by atoms with Crippen LogP contribution in [0, 0.1) is 17.8 Å². The molecule has 41 heavy (non-hydrogen) atoms. The first-order chi connectivity index (χ1) is 19.4. The fourth-order valence-electron chi connectivity index (χ4n) is 4.47. The molecular formula is C27H33N4O9P. The molecule has 0 amide bonds. The second-order valence-corrected chi connectivity index (χ2v) is 12.0. The van der Waals surface area contributed by atoms with Gasteiger partial charge in [0.25, 0.3) is 5.56 Å². The number of hydrogen-bond acceptors (Lipinski definition) is 11. The topological polar surface area (TPSA) is 188 Å². The molecule has 0 bridgehead atoms. The van der Waals surface area contributed by atoms with Crippen LogP contribution in [-0.2, 0) is 23.4 Å². The first-order valence-corrected chi connectivity index (χ1v) is 14.6. The van der Waals surface area contributed by atoms with Gasteiger partial charge in [-0.25, -0.2) is 4.57 Å². The zero-order valence-corrected chi connectivity index (χ0v) is 23.9. The van der Waals surface area contributed by atoms with Crippen LogP contribution in [0.5, 0.6) is 5.75 Å². The average Bonchev–Trinajstić information content (AvgIpc) is 3.42. The van der Waals surface area contributed by atoms with Crippen molar-refractivity contribution < 1.29 is 38.1 Å². The number of H-pyrrole nitrogens is 1. The van der Waals surface area contributed by atoms with E-state index in [2.05, 4.69) is 21.8 Å². The largest absolute Gasteiger partial charge is 0.463 e. The lowest BCUT2D eigenvalue weighted by Crippen LogP contribution is -2.46. The van der Waals surface area contributed by atoms with Crippen LogP contribution in [0.25, 0.3) is 11.0 Å². The molecule has 3 heterocycles. The molecule has 1 unspecified atom stereocenters. The molecule has 3 aromatic rings. The maximum Gasteiger partial charge on any atom is 0.380 e. The Morgan fingerprint density at radius 2 is 2.00 bits per heavy atom. The molecule has 1 aromatic carbocycles. The quantitative estimate of drug-likeness (QED) is 0.154. The molecular weight excluding hydrogens is 555 g/mol. The average molecular weight is 589 g/mol. The minimum atomic E-state index is -4.05. The van der Waals surface area contributed by atoms with Crippen LogP contribution in [0.15, 0.2) is 47.4 Å². The minimum Gasteiger partial charge on any atom is -0.463 e. The highest BCUT2D eigenvalue weighted by Gasteiger charge is 2.56. The van der Waals surface area contributed by atoms with Gasteiger partial charge in [0, 0.05) is 6.20 Å². The van der Waals surface area contributed by atoms with Gasteiger partial charge in [0.15, 0.2) is 17.5 Å². The standard InChI is InChI=1S/C27H33N4O9P/c1-5-12-27(35)21(32)20(39-25(27)31-13-11-19-22(31)29-26(28)30-23(19)33)14-37-41(36,40-18-9-7-6-8-10-18)15-17(4)24(34)38-16(2)3/h6-11,13,16-17,20-21,25,32,35H,14-15H2,1-4H3,(H3,28,29,30,33)/t17-,20-,21+,25-,27?,41+/m1/s1.